The number of rotatable bonds is 4. The molecular formula is C11H22O2. The van der Waals surface area contributed by atoms with E-state index in [0.717, 1.165) is 12.8 Å². The molecule has 78 valence electrons. The Morgan fingerprint density at radius 2 is 1.69 bits per heavy atom. The predicted molar refractivity (Wildman–Crippen MR) is 54.7 cm³/mol. The molecule has 0 radical (unpaired) electrons. The lowest BCUT2D eigenvalue weighted by Crippen LogP contribution is -2.42. The second-order valence-corrected chi connectivity index (χ2v) is 4.74. The molecule has 0 spiro atoms. The van der Waals surface area contributed by atoms with Crippen LogP contribution < -0.4 is 0 Å². The molecular weight excluding hydrogens is 164 g/mol. The second-order valence-electron chi connectivity index (χ2n) is 4.74. The van der Waals surface area contributed by atoms with Gasteiger partial charge in [0.05, 0.1) is 5.41 Å². The van der Waals surface area contributed by atoms with Gasteiger partial charge >= 0.3 is 5.97 Å². The van der Waals surface area contributed by atoms with Crippen LogP contribution in [0.5, 0.6) is 0 Å². The molecule has 1 atom stereocenters. The molecule has 2 heteroatoms. The van der Waals surface area contributed by atoms with Crippen LogP contribution in [-0.4, -0.2) is 11.1 Å². The second kappa shape index (κ2) is 4.12. The van der Waals surface area contributed by atoms with E-state index in [1.165, 1.54) is 0 Å². The summed E-state index contributed by atoms with van der Waals surface area (Å²) in [5.74, 6) is -0.649. The standard InChI is InChI=1S/C11H22O2/c1-6-8-11(7-2,9(12)13)10(3,4)5/h6-8H2,1-5H3,(H,12,13). The van der Waals surface area contributed by atoms with E-state index in [9.17, 15) is 9.90 Å². The number of carboxylic acid groups (broad SMARTS) is 1. The van der Waals surface area contributed by atoms with Crippen LogP contribution in [0.25, 0.3) is 0 Å². The molecule has 0 fully saturated rings. The van der Waals surface area contributed by atoms with Gasteiger partial charge in [0.15, 0.2) is 0 Å². The Hall–Kier alpha value is -0.530. The van der Waals surface area contributed by atoms with Crippen molar-refractivity contribution >= 4 is 5.97 Å². The molecule has 0 aromatic rings. The Balaban J connectivity index is 4.98. The maximum Gasteiger partial charge on any atom is 0.310 e. The quantitative estimate of drug-likeness (QED) is 0.731. The third kappa shape index (κ3) is 2.23. The zero-order valence-electron chi connectivity index (χ0n) is 9.48. The summed E-state index contributed by atoms with van der Waals surface area (Å²) in [6.45, 7) is 10.1. The predicted octanol–water partition coefficient (Wildman–Crippen LogP) is 3.31. The number of hydrogen-bond acceptors (Lipinski definition) is 1. The lowest BCUT2D eigenvalue weighted by atomic mass is 9.62. The summed E-state index contributed by atoms with van der Waals surface area (Å²) in [6, 6.07) is 0. The lowest BCUT2D eigenvalue weighted by molar-refractivity contribution is -0.157. The molecule has 0 aliphatic heterocycles. The van der Waals surface area contributed by atoms with Crippen molar-refractivity contribution in [3.8, 4) is 0 Å². The average molecular weight is 186 g/mol. The molecule has 0 aromatic carbocycles. The van der Waals surface area contributed by atoms with Crippen LogP contribution in [0.3, 0.4) is 0 Å². The van der Waals surface area contributed by atoms with Gasteiger partial charge in [-0.05, 0) is 18.3 Å². The minimum absolute atomic E-state index is 0.163. The number of carboxylic acids is 1. The number of hydrogen-bond donors (Lipinski definition) is 1. The minimum atomic E-state index is -0.649. The highest BCUT2D eigenvalue weighted by Gasteiger charge is 2.46. The van der Waals surface area contributed by atoms with Gasteiger partial charge in [0.25, 0.3) is 0 Å². The topological polar surface area (TPSA) is 37.3 Å². The van der Waals surface area contributed by atoms with E-state index >= 15 is 0 Å². The van der Waals surface area contributed by atoms with Crippen molar-refractivity contribution < 1.29 is 9.90 Å². The zero-order valence-corrected chi connectivity index (χ0v) is 9.48. The molecule has 2 nitrogen and oxygen atoms in total. The van der Waals surface area contributed by atoms with Gasteiger partial charge in [-0.2, -0.15) is 0 Å². The molecule has 0 saturated carbocycles. The highest BCUT2D eigenvalue weighted by atomic mass is 16.4. The smallest absolute Gasteiger partial charge is 0.310 e. The van der Waals surface area contributed by atoms with E-state index < -0.39 is 11.4 Å². The van der Waals surface area contributed by atoms with Crippen LogP contribution in [0, 0.1) is 10.8 Å². The molecule has 1 unspecified atom stereocenters. The largest absolute Gasteiger partial charge is 0.481 e. The summed E-state index contributed by atoms with van der Waals surface area (Å²) in [7, 11) is 0. The summed E-state index contributed by atoms with van der Waals surface area (Å²) < 4.78 is 0. The third-order valence-electron chi connectivity index (χ3n) is 3.13. The fourth-order valence-electron chi connectivity index (χ4n) is 2.09. The summed E-state index contributed by atoms with van der Waals surface area (Å²) in [6.07, 6.45) is 2.40. The maximum absolute atomic E-state index is 11.3. The Kier molecular flexibility index (Phi) is 3.95. The zero-order chi connectivity index (χ0) is 10.7. The monoisotopic (exact) mass is 186 g/mol. The van der Waals surface area contributed by atoms with E-state index in [2.05, 4.69) is 0 Å². The highest BCUT2D eigenvalue weighted by Crippen LogP contribution is 2.45. The fraction of sp³-hybridized carbons (Fsp3) is 0.909. The molecule has 0 aromatic heterocycles. The van der Waals surface area contributed by atoms with Gasteiger partial charge in [-0.25, -0.2) is 0 Å². The lowest BCUT2D eigenvalue weighted by Gasteiger charge is -2.40. The minimum Gasteiger partial charge on any atom is -0.481 e. The van der Waals surface area contributed by atoms with Gasteiger partial charge in [0.1, 0.15) is 0 Å². The molecule has 0 bridgehead atoms. The van der Waals surface area contributed by atoms with Gasteiger partial charge in [-0.3, -0.25) is 4.79 Å². The summed E-state index contributed by atoms with van der Waals surface area (Å²) >= 11 is 0. The molecule has 0 heterocycles. The van der Waals surface area contributed by atoms with Crippen molar-refractivity contribution in [1.82, 2.24) is 0 Å². The van der Waals surface area contributed by atoms with E-state index in [0.29, 0.717) is 6.42 Å². The normalized spacial score (nSPS) is 16.7. The van der Waals surface area contributed by atoms with Crippen LogP contribution in [0.15, 0.2) is 0 Å². The molecule has 0 saturated heterocycles. The van der Waals surface area contributed by atoms with Crippen LogP contribution >= 0.6 is 0 Å². The van der Waals surface area contributed by atoms with Crippen molar-refractivity contribution in [3.63, 3.8) is 0 Å². The van der Waals surface area contributed by atoms with Gasteiger partial charge in [0, 0.05) is 0 Å². The molecule has 0 aliphatic carbocycles. The first-order valence-corrected chi connectivity index (χ1v) is 5.05. The van der Waals surface area contributed by atoms with Crippen LogP contribution in [0.2, 0.25) is 0 Å². The van der Waals surface area contributed by atoms with E-state index in [1.807, 2.05) is 34.6 Å². The summed E-state index contributed by atoms with van der Waals surface area (Å²) in [5.41, 5.74) is -0.717. The SMILES string of the molecule is CCCC(CC)(C(=O)O)C(C)(C)C. The first kappa shape index (κ1) is 12.5. The van der Waals surface area contributed by atoms with Crippen LogP contribution in [-0.2, 0) is 4.79 Å². The molecule has 1 N–H and O–H groups in total. The van der Waals surface area contributed by atoms with E-state index in [-0.39, 0.29) is 5.41 Å². The fourth-order valence-corrected chi connectivity index (χ4v) is 2.09. The Bertz CT molecular complexity index is 179. The number of aliphatic carboxylic acids is 1. The van der Waals surface area contributed by atoms with Gasteiger partial charge in [-0.15, -0.1) is 0 Å². The van der Waals surface area contributed by atoms with Gasteiger partial charge in [0.2, 0.25) is 0 Å². The maximum atomic E-state index is 11.3. The molecule has 0 aliphatic rings. The first-order chi connectivity index (χ1) is 5.81. The van der Waals surface area contributed by atoms with E-state index in [1.54, 1.807) is 0 Å². The Morgan fingerprint density at radius 3 is 1.77 bits per heavy atom. The van der Waals surface area contributed by atoms with Gasteiger partial charge in [-0.1, -0.05) is 41.0 Å². The third-order valence-corrected chi connectivity index (χ3v) is 3.13. The number of carbonyl (C=O) groups is 1. The molecule has 13 heavy (non-hydrogen) atoms. The van der Waals surface area contributed by atoms with Crippen LogP contribution in [0.4, 0.5) is 0 Å². The van der Waals surface area contributed by atoms with Crippen molar-refractivity contribution in [2.24, 2.45) is 10.8 Å². The van der Waals surface area contributed by atoms with Crippen LogP contribution in [0.1, 0.15) is 53.9 Å². The van der Waals surface area contributed by atoms with Crippen molar-refractivity contribution in [2.75, 3.05) is 0 Å². The van der Waals surface area contributed by atoms with Gasteiger partial charge < -0.3 is 5.11 Å². The summed E-state index contributed by atoms with van der Waals surface area (Å²) in [5, 5.41) is 9.29. The van der Waals surface area contributed by atoms with E-state index in [4.69, 9.17) is 0 Å². The van der Waals surface area contributed by atoms with Crippen molar-refractivity contribution in [2.45, 2.75) is 53.9 Å². The van der Waals surface area contributed by atoms with Crippen molar-refractivity contribution in [1.29, 1.82) is 0 Å². The Morgan fingerprint density at radius 1 is 1.23 bits per heavy atom. The first-order valence-electron chi connectivity index (χ1n) is 5.05. The summed E-state index contributed by atoms with van der Waals surface area (Å²) in [4.78, 5) is 11.3. The molecule has 0 rings (SSSR count). The highest BCUT2D eigenvalue weighted by molar-refractivity contribution is 5.75. The Labute approximate surface area is 81.3 Å². The molecule has 0 amide bonds. The van der Waals surface area contributed by atoms with Crippen molar-refractivity contribution in [3.05, 3.63) is 0 Å². The average Bonchev–Trinajstić information content (AvgIpc) is 1.96.